The molecule has 0 saturated carbocycles. The van der Waals surface area contributed by atoms with Gasteiger partial charge in [-0.1, -0.05) is 30.4 Å². The molecule has 0 aliphatic carbocycles. The van der Waals surface area contributed by atoms with Crippen molar-refractivity contribution in [2.75, 3.05) is 0 Å². The molecule has 0 bridgehead atoms. The van der Waals surface area contributed by atoms with Crippen LogP contribution in [0.25, 0.3) is 5.57 Å². The van der Waals surface area contributed by atoms with Gasteiger partial charge in [0.1, 0.15) is 0 Å². The van der Waals surface area contributed by atoms with Gasteiger partial charge in [0, 0.05) is 5.56 Å². The third-order valence-electron chi connectivity index (χ3n) is 1.76. The van der Waals surface area contributed by atoms with E-state index in [9.17, 15) is 4.79 Å². The molecule has 0 heterocycles. The lowest BCUT2D eigenvalue weighted by atomic mass is 10.0. The molecule has 1 aromatic carbocycles. The average Bonchev–Trinajstić information content (AvgIpc) is 2.04. The summed E-state index contributed by atoms with van der Waals surface area (Å²) in [5.41, 5.74) is 2.76. The fourth-order valence-electron chi connectivity index (χ4n) is 1.00. The molecule has 1 nitrogen and oxygen atoms in total. The molecule has 1 aromatic rings. The molecule has 0 aromatic heterocycles. The van der Waals surface area contributed by atoms with Gasteiger partial charge in [0.15, 0.2) is 5.78 Å². The van der Waals surface area contributed by atoms with Crippen LogP contribution in [0.4, 0.5) is 0 Å². The summed E-state index contributed by atoms with van der Waals surface area (Å²) in [5, 5.41) is 0. The largest absolute Gasteiger partial charge is 0.295 e. The maximum absolute atomic E-state index is 11.0. The number of hydrogen-bond acceptors (Lipinski definition) is 1. The van der Waals surface area contributed by atoms with Gasteiger partial charge in [0.05, 0.1) is 0 Å². The Kier molecular flexibility index (Phi) is 2.44. The zero-order chi connectivity index (χ0) is 9.14. The Morgan fingerprint density at radius 1 is 1.25 bits per heavy atom. The van der Waals surface area contributed by atoms with E-state index in [0.717, 1.165) is 16.7 Å². The van der Waals surface area contributed by atoms with Crippen LogP contribution in [0.5, 0.6) is 0 Å². The highest BCUT2D eigenvalue weighted by atomic mass is 16.1. The van der Waals surface area contributed by atoms with Crippen LogP contribution in [0.3, 0.4) is 0 Å². The maximum Gasteiger partial charge on any atom is 0.159 e. The molecule has 0 N–H and O–H groups in total. The van der Waals surface area contributed by atoms with Crippen LogP contribution < -0.4 is 0 Å². The minimum absolute atomic E-state index is 0.0955. The predicted molar refractivity (Wildman–Crippen MR) is 51.2 cm³/mol. The zero-order valence-corrected chi connectivity index (χ0v) is 7.42. The Morgan fingerprint density at radius 2 is 1.83 bits per heavy atom. The summed E-state index contributed by atoms with van der Waals surface area (Å²) in [6.45, 7) is 7.31. The van der Waals surface area contributed by atoms with E-state index in [1.54, 1.807) is 6.92 Å². The molecule has 0 aliphatic heterocycles. The lowest BCUT2D eigenvalue weighted by Crippen LogP contribution is -1.92. The minimum Gasteiger partial charge on any atom is -0.295 e. The quantitative estimate of drug-likeness (QED) is 0.608. The zero-order valence-electron chi connectivity index (χ0n) is 7.42. The van der Waals surface area contributed by atoms with E-state index in [4.69, 9.17) is 0 Å². The Labute approximate surface area is 72.7 Å². The molecule has 0 radical (unpaired) electrons. The van der Waals surface area contributed by atoms with Gasteiger partial charge >= 0.3 is 0 Å². The van der Waals surface area contributed by atoms with Gasteiger partial charge in [0.2, 0.25) is 0 Å². The number of benzene rings is 1. The van der Waals surface area contributed by atoms with Crippen LogP contribution in [0.15, 0.2) is 30.8 Å². The van der Waals surface area contributed by atoms with Crippen LogP contribution in [0.2, 0.25) is 0 Å². The molecule has 0 amide bonds. The summed E-state index contributed by atoms with van der Waals surface area (Å²) in [6, 6.07) is 7.51. The molecule has 1 heteroatoms. The van der Waals surface area contributed by atoms with Gasteiger partial charge in [-0.2, -0.15) is 0 Å². The molecule has 0 saturated heterocycles. The second-order valence-corrected chi connectivity index (χ2v) is 2.92. The van der Waals surface area contributed by atoms with Gasteiger partial charge in [-0.15, -0.1) is 0 Å². The lowest BCUT2D eigenvalue weighted by Gasteiger charge is -2.00. The van der Waals surface area contributed by atoms with Crippen molar-refractivity contribution in [3.8, 4) is 0 Å². The SMILES string of the molecule is C=C(C)c1cccc(C(C)=O)c1. The van der Waals surface area contributed by atoms with Crippen molar-refractivity contribution in [3.63, 3.8) is 0 Å². The first kappa shape index (κ1) is 8.72. The monoisotopic (exact) mass is 160 g/mol. The number of carbonyl (C=O) groups excluding carboxylic acids is 1. The van der Waals surface area contributed by atoms with Crippen LogP contribution in [0, 0.1) is 0 Å². The summed E-state index contributed by atoms with van der Waals surface area (Å²) >= 11 is 0. The van der Waals surface area contributed by atoms with E-state index >= 15 is 0 Å². The summed E-state index contributed by atoms with van der Waals surface area (Å²) < 4.78 is 0. The Hall–Kier alpha value is -1.37. The molecule has 0 unspecified atom stereocenters. The first-order valence-electron chi connectivity index (χ1n) is 3.88. The van der Waals surface area contributed by atoms with Crippen molar-refractivity contribution in [3.05, 3.63) is 42.0 Å². The first-order chi connectivity index (χ1) is 5.61. The van der Waals surface area contributed by atoms with Crippen molar-refractivity contribution >= 4 is 11.4 Å². The van der Waals surface area contributed by atoms with E-state index in [-0.39, 0.29) is 5.78 Å². The Morgan fingerprint density at radius 3 is 2.33 bits per heavy atom. The van der Waals surface area contributed by atoms with Crippen LogP contribution in [-0.2, 0) is 0 Å². The number of rotatable bonds is 2. The normalized spacial score (nSPS) is 9.50. The van der Waals surface area contributed by atoms with Gasteiger partial charge in [-0.25, -0.2) is 0 Å². The summed E-state index contributed by atoms with van der Waals surface area (Å²) in [4.78, 5) is 11.0. The van der Waals surface area contributed by atoms with Gasteiger partial charge < -0.3 is 0 Å². The third kappa shape index (κ3) is 1.82. The topological polar surface area (TPSA) is 17.1 Å². The van der Waals surface area contributed by atoms with E-state index < -0.39 is 0 Å². The number of hydrogen-bond donors (Lipinski definition) is 0. The highest BCUT2D eigenvalue weighted by Gasteiger charge is 1.99. The molecular weight excluding hydrogens is 148 g/mol. The molecule has 0 aliphatic rings. The predicted octanol–water partition coefficient (Wildman–Crippen LogP) is 2.92. The van der Waals surface area contributed by atoms with E-state index in [0.29, 0.717) is 0 Å². The van der Waals surface area contributed by atoms with Gasteiger partial charge in [-0.3, -0.25) is 4.79 Å². The van der Waals surface area contributed by atoms with Gasteiger partial charge in [0.25, 0.3) is 0 Å². The molecule has 0 atom stereocenters. The van der Waals surface area contributed by atoms with E-state index in [2.05, 4.69) is 6.58 Å². The van der Waals surface area contributed by atoms with Crippen molar-refractivity contribution in [2.24, 2.45) is 0 Å². The lowest BCUT2D eigenvalue weighted by molar-refractivity contribution is 0.101. The van der Waals surface area contributed by atoms with Crippen LogP contribution in [-0.4, -0.2) is 5.78 Å². The number of carbonyl (C=O) groups is 1. The number of ketones is 1. The fraction of sp³-hybridized carbons (Fsp3) is 0.182. The number of allylic oxidation sites excluding steroid dienone is 1. The first-order valence-corrected chi connectivity index (χ1v) is 3.88. The highest BCUT2D eigenvalue weighted by molar-refractivity contribution is 5.94. The smallest absolute Gasteiger partial charge is 0.159 e. The highest BCUT2D eigenvalue weighted by Crippen LogP contribution is 2.13. The van der Waals surface area contributed by atoms with Crippen molar-refractivity contribution in [1.82, 2.24) is 0 Å². The second-order valence-electron chi connectivity index (χ2n) is 2.92. The molecule has 0 fully saturated rings. The van der Waals surface area contributed by atoms with Crippen LogP contribution >= 0.6 is 0 Å². The molecule has 0 spiro atoms. The van der Waals surface area contributed by atoms with E-state index in [1.165, 1.54) is 0 Å². The Balaban J connectivity index is 3.12. The molecule has 1 rings (SSSR count). The van der Waals surface area contributed by atoms with Crippen molar-refractivity contribution < 1.29 is 4.79 Å². The standard InChI is InChI=1S/C11H12O/c1-8(2)10-5-4-6-11(7-10)9(3)12/h4-7H,1H2,2-3H3. The Bertz CT molecular complexity index is 294. The molecule has 12 heavy (non-hydrogen) atoms. The maximum atomic E-state index is 11.0. The summed E-state index contributed by atoms with van der Waals surface area (Å²) in [7, 11) is 0. The number of Topliss-reactive ketones (excluding diaryl/α,β-unsaturated/α-hetero) is 1. The summed E-state index contributed by atoms with van der Waals surface area (Å²) in [6.07, 6.45) is 0. The summed E-state index contributed by atoms with van der Waals surface area (Å²) in [5.74, 6) is 0.0955. The van der Waals surface area contributed by atoms with Gasteiger partial charge in [-0.05, 0) is 25.5 Å². The fourth-order valence-corrected chi connectivity index (χ4v) is 1.00. The van der Waals surface area contributed by atoms with Crippen molar-refractivity contribution in [2.45, 2.75) is 13.8 Å². The third-order valence-corrected chi connectivity index (χ3v) is 1.76. The molecule has 62 valence electrons. The second kappa shape index (κ2) is 3.35. The average molecular weight is 160 g/mol. The van der Waals surface area contributed by atoms with E-state index in [1.807, 2.05) is 31.2 Å². The van der Waals surface area contributed by atoms with Crippen LogP contribution in [0.1, 0.15) is 29.8 Å². The minimum atomic E-state index is 0.0955. The van der Waals surface area contributed by atoms with Crippen molar-refractivity contribution in [1.29, 1.82) is 0 Å². The molecular formula is C11H12O.